The van der Waals surface area contributed by atoms with Crippen molar-refractivity contribution in [3.05, 3.63) is 54.1 Å². The van der Waals surface area contributed by atoms with Gasteiger partial charge in [-0.1, -0.05) is 5.16 Å². The summed E-state index contributed by atoms with van der Waals surface area (Å²) in [5.41, 5.74) is 2.26. The lowest BCUT2D eigenvalue weighted by Gasteiger charge is -2.26. The van der Waals surface area contributed by atoms with E-state index in [0.29, 0.717) is 31.6 Å². The predicted molar refractivity (Wildman–Crippen MR) is 96.6 cm³/mol. The highest BCUT2D eigenvalue weighted by Gasteiger charge is 2.28. The van der Waals surface area contributed by atoms with Crippen molar-refractivity contribution in [3.63, 3.8) is 0 Å². The van der Waals surface area contributed by atoms with Crippen molar-refractivity contribution in [1.82, 2.24) is 14.3 Å². The Morgan fingerprint density at radius 1 is 1.27 bits per heavy atom. The molecule has 9 heteroatoms. The summed E-state index contributed by atoms with van der Waals surface area (Å²) in [7, 11) is -3.51. The van der Waals surface area contributed by atoms with Crippen molar-refractivity contribution in [2.24, 2.45) is 5.16 Å². The van der Waals surface area contributed by atoms with E-state index in [1.165, 1.54) is 16.7 Å². The second-order valence-corrected chi connectivity index (χ2v) is 7.69. The molecular formula is C17H19N5O3S. The van der Waals surface area contributed by atoms with Crippen molar-refractivity contribution in [1.29, 1.82) is 5.41 Å². The van der Waals surface area contributed by atoms with Crippen LogP contribution in [-0.2, 0) is 21.5 Å². The quantitative estimate of drug-likeness (QED) is 0.614. The van der Waals surface area contributed by atoms with E-state index in [2.05, 4.69) is 15.1 Å². The minimum Gasteiger partial charge on any atom is -0.389 e. The Morgan fingerprint density at radius 2 is 2.08 bits per heavy atom. The van der Waals surface area contributed by atoms with Gasteiger partial charge in [-0.2, -0.15) is 4.31 Å². The fourth-order valence-electron chi connectivity index (χ4n) is 2.58. The van der Waals surface area contributed by atoms with Crippen LogP contribution in [0, 0.1) is 5.41 Å². The maximum absolute atomic E-state index is 12.5. The van der Waals surface area contributed by atoms with E-state index in [1.807, 2.05) is 0 Å². The monoisotopic (exact) mass is 373 g/mol. The van der Waals surface area contributed by atoms with E-state index in [4.69, 9.17) is 10.2 Å². The molecule has 2 aromatic rings. The highest BCUT2D eigenvalue weighted by molar-refractivity contribution is 7.89. The molecule has 0 bridgehead atoms. The van der Waals surface area contributed by atoms with Gasteiger partial charge in [-0.25, -0.2) is 8.42 Å². The summed E-state index contributed by atoms with van der Waals surface area (Å²) < 4.78 is 26.5. The van der Waals surface area contributed by atoms with Gasteiger partial charge in [0.1, 0.15) is 4.90 Å². The summed E-state index contributed by atoms with van der Waals surface area (Å²) in [6, 6.07) is 6.65. The first-order valence-corrected chi connectivity index (χ1v) is 9.57. The van der Waals surface area contributed by atoms with Crippen molar-refractivity contribution >= 4 is 21.9 Å². The molecule has 1 fully saturated rings. The van der Waals surface area contributed by atoms with Crippen LogP contribution in [0.5, 0.6) is 0 Å². The lowest BCUT2D eigenvalue weighted by molar-refractivity contribution is 0.125. The summed E-state index contributed by atoms with van der Waals surface area (Å²) in [4.78, 5) is 13.6. The lowest BCUT2D eigenvalue weighted by Crippen LogP contribution is -2.38. The van der Waals surface area contributed by atoms with Gasteiger partial charge in [-0.3, -0.25) is 9.97 Å². The number of nitrogens with one attached hydrogen (secondary N) is 1. The maximum atomic E-state index is 12.5. The summed E-state index contributed by atoms with van der Waals surface area (Å²) in [5, 5.41) is 11.3. The zero-order chi connectivity index (χ0) is 18.4. The minimum atomic E-state index is -3.51. The van der Waals surface area contributed by atoms with Gasteiger partial charge in [0.05, 0.1) is 11.4 Å². The van der Waals surface area contributed by atoms with Crippen molar-refractivity contribution in [2.45, 2.75) is 24.3 Å². The third-order valence-corrected chi connectivity index (χ3v) is 5.87. The average molecular weight is 373 g/mol. The molecule has 8 nitrogen and oxygen atoms in total. The van der Waals surface area contributed by atoms with E-state index in [0.717, 1.165) is 11.3 Å². The van der Waals surface area contributed by atoms with Gasteiger partial charge in [-0.05, 0) is 29.8 Å². The molecule has 3 rings (SSSR count). The van der Waals surface area contributed by atoms with Crippen molar-refractivity contribution < 1.29 is 13.3 Å². The molecule has 0 atom stereocenters. The van der Waals surface area contributed by atoms with Crippen molar-refractivity contribution in [3.8, 4) is 0 Å². The largest absolute Gasteiger partial charge is 0.389 e. The normalized spacial score (nSPS) is 15.5. The first-order chi connectivity index (χ1) is 12.6. The lowest BCUT2D eigenvalue weighted by atomic mass is 10.1. The first-order valence-electron chi connectivity index (χ1n) is 8.13. The van der Waals surface area contributed by atoms with E-state index >= 15 is 0 Å². The molecule has 2 aromatic heterocycles. The number of hydrogen-bond acceptors (Lipinski definition) is 7. The average Bonchev–Trinajstić information content (AvgIpc) is 2.69. The van der Waals surface area contributed by atoms with Crippen LogP contribution in [0.2, 0.25) is 0 Å². The number of rotatable bonds is 6. The molecule has 0 spiro atoms. The van der Waals surface area contributed by atoms with E-state index in [9.17, 15) is 8.42 Å². The zero-order valence-corrected chi connectivity index (χ0v) is 14.9. The van der Waals surface area contributed by atoms with Crippen LogP contribution < -0.4 is 0 Å². The Bertz CT molecular complexity index is 890. The molecule has 1 saturated heterocycles. The molecule has 0 saturated carbocycles. The Labute approximate surface area is 152 Å². The fourth-order valence-corrected chi connectivity index (χ4v) is 3.99. The van der Waals surface area contributed by atoms with E-state index in [-0.39, 0.29) is 11.5 Å². The second kappa shape index (κ2) is 8.15. The highest BCUT2D eigenvalue weighted by Crippen LogP contribution is 2.19. The SMILES string of the molecule is N=Cc1ccnc(CON=C2CCN(S(=O)(=O)c3cccnc3)CC2)c1. The Kier molecular flexibility index (Phi) is 5.69. The Morgan fingerprint density at radius 3 is 2.77 bits per heavy atom. The summed E-state index contributed by atoms with van der Waals surface area (Å²) in [6.07, 6.45) is 6.81. The Balaban J connectivity index is 1.55. The van der Waals surface area contributed by atoms with Gasteiger partial charge in [0.25, 0.3) is 0 Å². The molecule has 0 aromatic carbocycles. The smallest absolute Gasteiger partial charge is 0.244 e. The molecular weight excluding hydrogens is 354 g/mol. The van der Waals surface area contributed by atoms with Crippen molar-refractivity contribution in [2.75, 3.05) is 13.1 Å². The third kappa shape index (κ3) is 4.30. The van der Waals surface area contributed by atoms with Gasteiger partial charge in [0, 0.05) is 50.7 Å². The third-order valence-electron chi connectivity index (χ3n) is 3.99. The summed E-state index contributed by atoms with van der Waals surface area (Å²) in [5.74, 6) is 0. The molecule has 0 radical (unpaired) electrons. The molecule has 1 N–H and O–H groups in total. The molecule has 26 heavy (non-hydrogen) atoms. The molecule has 1 aliphatic rings. The van der Waals surface area contributed by atoms with Gasteiger partial charge >= 0.3 is 0 Å². The summed E-state index contributed by atoms with van der Waals surface area (Å²) in [6.45, 7) is 0.935. The van der Waals surface area contributed by atoms with Gasteiger partial charge < -0.3 is 10.2 Å². The molecule has 136 valence electrons. The minimum absolute atomic E-state index is 0.203. The van der Waals surface area contributed by atoms with Crippen LogP contribution >= 0.6 is 0 Å². The molecule has 1 aliphatic heterocycles. The van der Waals surface area contributed by atoms with Crippen LogP contribution in [0.4, 0.5) is 0 Å². The number of sulfonamides is 1. The topological polar surface area (TPSA) is 109 Å². The van der Waals surface area contributed by atoms with Crippen LogP contribution in [0.1, 0.15) is 24.1 Å². The second-order valence-electron chi connectivity index (χ2n) is 5.75. The first kappa shape index (κ1) is 18.2. The molecule has 0 amide bonds. The van der Waals surface area contributed by atoms with Gasteiger partial charge in [-0.15, -0.1) is 0 Å². The number of pyridine rings is 2. The summed E-state index contributed by atoms with van der Waals surface area (Å²) >= 11 is 0. The zero-order valence-electron chi connectivity index (χ0n) is 14.1. The molecule has 3 heterocycles. The number of piperidine rings is 1. The van der Waals surface area contributed by atoms with Gasteiger partial charge in [0.2, 0.25) is 10.0 Å². The fraction of sp³-hybridized carbons (Fsp3) is 0.294. The van der Waals surface area contributed by atoms with E-state index in [1.54, 1.807) is 36.7 Å². The van der Waals surface area contributed by atoms with E-state index < -0.39 is 10.0 Å². The number of nitrogens with zero attached hydrogens (tertiary/aromatic N) is 4. The maximum Gasteiger partial charge on any atom is 0.244 e. The standard InChI is InChI=1S/C17H19N5O3S/c18-11-14-3-7-20-16(10-14)13-25-21-15-4-8-22(9-5-15)26(23,24)17-2-1-6-19-12-17/h1-3,6-7,10-12,18H,4-5,8-9,13H2. The number of oxime groups is 1. The van der Waals surface area contributed by atoms with Crippen LogP contribution in [0.3, 0.4) is 0 Å². The molecule has 0 aliphatic carbocycles. The van der Waals surface area contributed by atoms with Crippen LogP contribution in [-0.4, -0.2) is 47.7 Å². The number of aromatic nitrogens is 2. The van der Waals surface area contributed by atoms with Crippen LogP contribution in [0.15, 0.2) is 52.9 Å². The van der Waals surface area contributed by atoms with Crippen LogP contribution in [0.25, 0.3) is 0 Å². The Hall–Kier alpha value is -2.65. The number of hydrogen-bond donors (Lipinski definition) is 1. The molecule has 0 unspecified atom stereocenters. The predicted octanol–water partition coefficient (Wildman–Crippen LogP) is 1.83. The highest BCUT2D eigenvalue weighted by atomic mass is 32.2. The van der Waals surface area contributed by atoms with Gasteiger partial charge in [0.15, 0.2) is 6.61 Å².